The van der Waals surface area contributed by atoms with Gasteiger partial charge in [0.25, 0.3) is 5.91 Å². The number of carbonyl (C=O) groups is 1. The van der Waals surface area contributed by atoms with E-state index in [0.717, 1.165) is 0 Å². The molecule has 3 N–H and O–H groups in total. The lowest BCUT2D eigenvalue weighted by atomic mass is 9.86. The maximum absolute atomic E-state index is 13.3. The Hall–Kier alpha value is -4.88. The third-order valence-corrected chi connectivity index (χ3v) is 6.50. The molecule has 0 spiro atoms. The molecule has 5 aromatic rings. The first-order valence-electron chi connectivity index (χ1n) is 12.2. The van der Waals surface area contributed by atoms with E-state index in [1.165, 1.54) is 41.3 Å². The third kappa shape index (κ3) is 4.83. The van der Waals surface area contributed by atoms with E-state index in [-0.39, 0.29) is 28.3 Å². The molecule has 1 aliphatic rings. The van der Waals surface area contributed by atoms with Crippen LogP contribution in [0.15, 0.2) is 73.3 Å². The Balaban J connectivity index is 1.30. The van der Waals surface area contributed by atoms with Gasteiger partial charge < -0.3 is 19.9 Å². The first kappa shape index (κ1) is 25.4. The summed E-state index contributed by atoms with van der Waals surface area (Å²) in [6.07, 6.45) is 6.00. The van der Waals surface area contributed by atoms with Crippen LogP contribution in [0.4, 0.5) is 14.5 Å². The summed E-state index contributed by atoms with van der Waals surface area (Å²) in [5.41, 5.74) is 0.834. The molecule has 0 saturated carbocycles. The Morgan fingerprint density at radius 1 is 1.18 bits per heavy atom. The number of likely N-dealkylation sites (N-methyl/N-ethyl adjacent to an activating group) is 1. The number of H-pyrrole nitrogens is 1. The number of fused-ring (bicyclic) bond motifs is 1. The molecule has 6 rings (SSSR count). The van der Waals surface area contributed by atoms with Gasteiger partial charge in [0.1, 0.15) is 34.1 Å². The minimum atomic E-state index is -3.09. The average Bonchev–Trinajstić information content (AvgIpc) is 3.56. The predicted molar refractivity (Wildman–Crippen MR) is 140 cm³/mol. The summed E-state index contributed by atoms with van der Waals surface area (Å²) in [6.45, 7) is -2.09. The van der Waals surface area contributed by atoms with Crippen LogP contribution in [0.3, 0.4) is 0 Å². The third-order valence-electron chi connectivity index (χ3n) is 6.50. The SMILES string of the molecule is CN1CC(O)(c2cccc(Oc3ccc(OC(F)F)c(-c4n[nH]cc4NC(=O)c4cnn5cccnc45)c3)c2)C1. The summed E-state index contributed by atoms with van der Waals surface area (Å²) < 4.78 is 38.7. The Bertz CT molecular complexity index is 1700. The molecule has 4 heterocycles. The summed E-state index contributed by atoms with van der Waals surface area (Å²) in [5.74, 6) is 0.0725. The predicted octanol–water partition coefficient (Wildman–Crippen LogP) is 3.90. The largest absolute Gasteiger partial charge is 0.457 e. The highest BCUT2D eigenvalue weighted by molar-refractivity contribution is 6.09. The second kappa shape index (κ2) is 10.0. The topological polar surface area (TPSA) is 130 Å². The highest BCUT2D eigenvalue weighted by Gasteiger charge is 2.40. The minimum absolute atomic E-state index is 0.152. The molecule has 2 aromatic carbocycles. The van der Waals surface area contributed by atoms with E-state index in [1.54, 1.807) is 30.5 Å². The summed E-state index contributed by atoms with van der Waals surface area (Å²) in [6, 6.07) is 13.0. The van der Waals surface area contributed by atoms with Gasteiger partial charge in [-0.25, -0.2) is 9.50 Å². The van der Waals surface area contributed by atoms with Crippen LogP contribution in [0.2, 0.25) is 0 Å². The Kier molecular flexibility index (Phi) is 6.36. The van der Waals surface area contributed by atoms with Gasteiger partial charge in [-0.1, -0.05) is 12.1 Å². The quantitative estimate of drug-likeness (QED) is 0.267. The zero-order valence-corrected chi connectivity index (χ0v) is 21.1. The Morgan fingerprint density at radius 3 is 2.80 bits per heavy atom. The van der Waals surface area contributed by atoms with Crippen molar-refractivity contribution in [1.82, 2.24) is 29.7 Å². The van der Waals surface area contributed by atoms with E-state index in [0.29, 0.717) is 35.8 Å². The van der Waals surface area contributed by atoms with Crippen molar-refractivity contribution >= 4 is 17.2 Å². The molecule has 1 saturated heterocycles. The van der Waals surface area contributed by atoms with Crippen LogP contribution in [-0.4, -0.2) is 67.5 Å². The van der Waals surface area contributed by atoms with E-state index in [4.69, 9.17) is 9.47 Å². The number of nitrogens with zero attached hydrogens (tertiary/aromatic N) is 5. The Morgan fingerprint density at radius 2 is 2.00 bits per heavy atom. The number of halogens is 2. The lowest BCUT2D eigenvalue weighted by molar-refractivity contribution is -0.0919. The molecular weight excluding hydrogens is 524 g/mol. The molecule has 0 atom stereocenters. The van der Waals surface area contributed by atoms with Gasteiger partial charge >= 0.3 is 6.61 Å². The summed E-state index contributed by atoms with van der Waals surface area (Å²) in [5, 5.41) is 24.5. The fourth-order valence-corrected chi connectivity index (χ4v) is 4.74. The van der Waals surface area contributed by atoms with Crippen molar-refractivity contribution in [3.05, 3.63) is 84.4 Å². The second-order valence-corrected chi connectivity index (χ2v) is 9.42. The standard InChI is InChI=1S/C27H23F2N7O4/c1-35-14-27(38,15-35)16-4-2-5-17(10-16)39-18-6-7-22(40-26(28)29)19(11-18)23-21(13-31-34-23)33-25(37)20-12-32-36-9-3-8-30-24(20)36/h2-13,26,38H,14-15H2,1H3,(H,31,34)(H,33,37). The van der Waals surface area contributed by atoms with Crippen molar-refractivity contribution in [3.63, 3.8) is 0 Å². The van der Waals surface area contributed by atoms with Gasteiger partial charge in [0.05, 0.1) is 17.4 Å². The summed E-state index contributed by atoms with van der Waals surface area (Å²) >= 11 is 0. The van der Waals surface area contributed by atoms with Crippen molar-refractivity contribution in [1.29, 1.82) is 0 Å². The fourth-order valence-electron chi connectivity index (χ4n) is 4.74. The van der Waals surface area contributed by atoms with Crippen molar-refractivity contribution in [2.75, 3.05) is 25.5 Å². The van der Waals surface area contributed by atoms with E-state index in [9.17, 15) is 18.7 Å². The first-order chi connectivity index (χ1) is 19.3. The number of carbonyl (C=O) groups excluding carboxylic acids is 1. The minimum Gasteiger partial charge on any atom is -0.457 e. The van der Waals surface area contributed by atoms with Crippen LogP contribution in [0.25, 0.3) is 16.9 Å². The van der Waals surface area contributed by atoms with Crippen LogP contribution in [0, 0.1) is 0 Å². The monoisotopic (exact) mass is 547 g/mol. The van der Waals surface area contributed by atoms with Gasteiger partial charge in [0.15, 0.2) is 5.65 Å². The number of benzene rings is 2. The number of anilines is 1. The van der Waals surface area contributed by atoms with Crippen LogP contribution in [0.1, 0.15) is 15.9 Å². The van der Waals surface area contributed by atoms with Crippen LogP contribution in [0.5, 0.6) is 17.2 Å². The molecule has 40 heavy (non-hydrogen) atoms. The van der Waals surface area contributed by atoms with Gasteiger partial charge in [-0.3, -0.25) is 14.8 Å². The number of aromatic nitrogens is 5. The number of amides is 1. The molecule has 0 aliphatic carbocycles. The average molecular weight is 548 g/mol. The molecule has 204 valence electrons. The first-order valence-corrected chi connectivity index (χ1v) is 12.2. The number of alkyl halides is 2. The maximum atomic E-state index is 13.3. The van der Waals surface area contributed by atoms with Crippen molar-refractivity contribution in [3.8, 4) is 28.5 Å². The van der Waals surface area contributed by atoms with Crippen LogP contribution < -0.4 is 14.8 Å². The van der Waals surface area contributed by atoms with Gasteiger partial charge in [-0.15, -0.1) is 0 Å². The molecule has 0 unspecified atom stereocenters. The molecule has 1 fully saturated rings. The number of rotatable bonds is 8. The van der Waals surface area contributed by atoms with E-state index in [2.05, 4.69) is 25.6 Å². The number of β-amino-alcohol motifs (C(OH)–C–C–N with tert-alkyl or cyclic N) is 1. The number of ether oxygens (including phenoxy) is 2. The summed E-state index contributed by atoms with van der Waals surface area (Å²) in [7, 11) is 1.92. The molecule has 1 aliphatic heterocycles. The van der Waals surface area contributed by atoms with E-state index in [1.807, 2.05) is 18.0 Å². The molecular formula is C27H23F2N7O4. The normalized spacial score (nSPS) is 14.7. The van der Waals surface area contributed by atoms with Crippen molar-refractivity contribution in [2.45, 2.75) is 12.2 Å². The smallest absolute Gasteiger partial charge is 0.387 e. The zero-order chi connectivity index (χ0) is 27.9. The van der Waals surface area contributed by atoms with Crippen molar-refractivity contribution < 1.29 is 28.2 Å². The van der Waals surface area contributed by atoms with E-state index >= 15 is 0 Å². The fraction of sp³-hybridized carbons (Fsp3) is 0.185. The summed E-state index contributed by atoms with van der Waals surface area (Å²) in [4.78, 5) is 19.2. The van der Waals surface area contributed by atoms with Gasteiger partial charge in [0.2, 0.25) is 0 Å². The lowest BCUT2D eigenvalue weighted by Crippen LogP contribution is -2.57. The molecule has 0 radical (unpaired) electrons. The van der Waals surface area contributed by atoms with E-state index < -0.39 is 18.1 Å². The van der Waals surface area contributed by atoms with Gasteiger partial charge in [-0.2, -0.15) is 19.0 Å². The number of hydrogen-bond acceptors (Lipinski definition) is 8. The van der Waals surface area contributed by atoms with Gasteiger partial charge in [0, 0.05) is 31.7 Å². The zero-order valence-electron chi connectivity index (χ0n) is 21.1. The molecule has 13 heteroatoms. The number of nitrogens with one attached hydrogen (secondary N) is 2. The number of hydrogen-bond donors (Lipinski definition) is 3. The molecule has 11 nitrogen and oxygen atoms in total. The number of likely N-dealkylation sites (tertiary alicyclic amines) is 1. The highest BCUT2D eigenvalue weighted by atomic mass is 19.3. The highest BCUT2D eigenvalue weighted by Crippen LogP contribution is 2.39. The molecule has 0 bridgehead atoms. The number of aliphatic hydroxyl groups is 1. The van der Waals surface area contributed by atoms with Gasteiger partial charge in [-0.05, 0) is 49.0 Å². The maximum Gasteiger partial charge on any atom is 0.387 e. The number of aromatic amines is 1. The van der Waals surface area contributed by atoms with Crippen molar-refractivity contribution in [2.24, 2.45) is 0 Å². The molecule has 1 amide bonds. The Labute approximate surface area is 226 Å². The van der Waals surface area contributed by atoms with Crippen LogP contribution >= 0.6 is 0 Å². The molecule has 3 aromatic heterocycles. The lowest BCUT2D eigenvalue weighted by Gasteiger charge is -2.44. The van der Waals surface area contributed by atoms with Crippen LogP contribution in [-0.2, 0) is 5.60 Å². The second-order valence-electron chi connectivity index (χ2n) is 9.42.